The van der Waals surface area contributed by atoms with E-state index in [9.17, 15) is 24.0 Å². The molecular weight excluding hydrogens is 425 g/mol. The summed E-state index contributed by atoms with van der Waals surface area (Å²) in [7, 11) is 5.18. The van der Waals surface area contributed by atoms with Gasteiger partial charge >= 0.3 is 0 Å². The summed E-state index contributed by atoms with van der Waals surface area (Å²) in [6.07, 6.45) is 0.129. The van der Waals surface area contributed by atoms with Crippen molar-refractivity contribution in [1.29, 1.82) is 5.26 Å². The van der Waals surface area contributed by atoms with Crippen molar-refractivity contribution in [3.63, 3.8) is 0 Å². The van der Waals surface area contributed by atoms with Gasteiger partial charge in [-0.05, 0) is 39.6 Å². The van der Waals surface area contributed by atoms with Gasteiger partial charge in [0.1, 0.15) is 17.8 Å². The first-order valence-electron chi connectivity index (χ1n) is 11.1. The van der Waals surface area contributed by atoms with Crippen molar-refractivity contribution >= 4 is 23.4 Å². The normalized spacial score (nSPS) is 22.8. The first-order valence-corrected chi connectivity index (χ1v) is 11.1. The molecule has 1 saturated heterocycles. The van der Waals surface area contributed by atoms with Crippen LogP contribution in [0.5, 0.6) is 0 Å². The third-order valence-corrected chi connectivity index (χ3v) is 6.51. The van der Waals surface area contributed by atoms with Crippen LogP contribution in [0.4, 0.5) is 10.1 Å². The van der Waals surface area contributed by atoms with E-state index in [1.807, 2.05) is 37.2 Å². The van der Waals surface area contributed by atoms with Gasteiger partial charge in [-0.25, -0.2) is 4.39 Å². The van der Waals surface area contributed by atoms with Gasteiger partial charge in [0.15, 0.2) is 0 Å². The Morgan fingerprint density at radius 2 is 2.00 bits per heavy atom. The number of fused-ring (bicyclic) bond motifs is 2. The molecule has 3 amide bonds. The highest BCUT2D eigenvalue weighted by Crippen LogP contribution is 2.46. The molecule has 33 heavy (non-hydrogen) atoms. The molecule has 1 aromatic rings. The third-order valence-electron chi connectivity index (χ3n) is 6.51. The van der Waals surface area contributed by atoms with Gasteiger partial charge in [-0.2, -0.15) is 5.26 Å². The van der Waals surface area contributed by atoms with Crippen molar-refractivity contribution in [2.24, 2.45) is 0 Å². The van der Waals surface area contributed by atoms with Crippen molar-refractivity contribution in [3.05, 3.63) is 29.8 Å². The highest BCUT2D eigenvalue weighted by Gasteiger charge is 2.56. The third kappa shape index (κ3) is 4.86. The Kier molecular flexibility index (Phi) is 6.80. The molecule has 8 nitrogen and oxygen atoms in total. The summed E-state index contributed by atoms with van der Waals surface area (Å²) < 4.78 is 14.7. The van der Waals surface area contributed by atoms with Gasteiger partial charge in [-0.15, -0.1) is 0 Å². The Bertz CT molecular complexity index is 983. The molecule has 0 bridgehead atoms. The van der Waals surface area contributed by atoms with E-state index in [2.05, 4.69) is 11.4 Å². The summed E-state index contributed by atoms with van der Waals surface area (Å²) in [4.78, 5) is 44.0. The molecule has 178 valence electrons. The predicted molar refractivity (Wildman–Crippen MR) is 122 cm³/mol. The fourth-order valence-electron chi connectivity index (χ4n) is 4.70. The smallest absolute Gasteiger partial charge is 0.246 e. The van der Waals surface area contributed by atoms with Crippen molar-refractivity contribution in [1.82, 2.24) is 14.7 Å². The summed E-state index contributed by atoms with van der Waals surface area (Å²) in [5.41, 5.74) is -1.32. The molecule has 1 spiro atoms. The number of likely N-dealkylation sites (tertiary alicyclic amines) is 1. The van der Waals surface area contributed by atoms with Crippen molar-refractivity contribution < 1.29 is 18.8 Å². The van der Waals surface area contributed by atoms with E-state index in [1.54, 1.807) is 6.07 Å². The average Bonchev–Trinajstić information content (AvgIpc) is 3.27. The number of nitrogens with one attached hydrogen (secondary N) is 1. The zero-order chi connectivity index (χ0) is 24.6. The number of hydrogen-bond donors (Lipinski definition) is 1. The minimum absolute atomic E-state index is 0.00977. The molecule has 0 radical (unpaired) electrons. The van der Waals surface area contributed by atoms with Gasteiger partial charge in [0.2, 0.25) is 17.7 Å². The number of para-hydroxylation sites is 1. The zero-order valence-electron chi connectivity index (χ0n) is 19.9. The highest BCUT2D eigenvalue weighted by atomic mass is 19.1. The van der Waals surface area contributed by atoms with E-state index < -0.39 is 29.1 Å². The Morgan fingerprint density at radius 1 is 1.33 bits per heavy atom. The standard InChI is InChI=1S/C24H32FN5O3/c1-23(2,25)13-19(29(5)20(31)10-11-28(3)4)21(32)30-15-24(12-16(30)14-26)17-8-6-7-9-18(17)27-22(24)33/h6-9,16,19H,10-13,15H2,1-5H3,(H,27,33)/t16-,19-,24-/m0/s1. The molecule has 2 aliphatic heterocycles. The summed E-state index contributed by atoms with van der Waals surface area (Å²) in [5, 5.41) is 12.7. The van der Waals surface area contributed by atoms with Gasteiger partial charge in [0, 0.05) is 45.1 Å². The fourth-order valence-corrected chi connectivity index (χ4v) is 4.70. The molecule has 2 aliphatic rings. The quantitative estimate of drug-likeness (QED) is 0.675. The monoisotopic (exact) mass is 457 g/mol. The molecule has 1 N–H and O–H groups in total. The molecular formula is C24H32FN5O3. The maximum Gasteiger partial charge on any atom is 0.246 e. The van der Waals surface area contributed by atoms with Crippen LogP contribution in [-0.2, 0) is 19.8 Å². The number of hydrogen-bond acceptors (Lipinski definition) is 5. The zero-order valence-corrected chi connectivity index (χ0v) is 19.9. The van der Waals surface area contributed by atoms with Crippen molar-refractivity contribution in [3.8, 4) is 6.07 Å². The van der Waals surface area contributed by atoms with Gasteiger partial charge in [0.25, 0.3) is 0 Å². The summed E-state index contributed by atoms with van der Waals surface area (Å²) in [6, 6.07) is 7.46. The lowest BCUT2D eigenvalue weighted by Crippen LogP contribution is -2.53. The molecule has 2 heterocycles. The second-order valence-corrected chi connectivity index (χ2v) is 9.89. The van der Waals surface area contributed by atoms with E-state index in [-0.39, 0.29) is 37.6 Å². The SMILES string of the molecule is CN(C)CCC(=O)N(C)[C@@H](CC(C)(C)F)C(=O)N1C[C@]2(C[C@H]1C#N)C(=O)Nc1ccccc12. The van der Waals surface area contributed by atoms with Crippen LogP contribution in [0.25, 0.3) is 0 Å². The van der Waals surface area contributed by atoms with Gasteiger partial charge < -0.3 is 20.0 Å². The van der Waals surface area contributed by atoms with Crippen LogP contribution in [-0.4, -0.2) is 84.4 Å². The number of carbonyl (C=O) groups excluding carboxylic acids is 3. The van der Waals surface area contributed by atoms with Gasteiger partial charge in [-0.1, -0.05) is 18.2 Å². The number of amides is 3. The lowest BCUT2D eigenvalue weighted by Gasteiger charge is -2.34. The molecule has 0 aromatic heterocycles. The molecule has 9 heteroatoms. The Hall–Kier alpha value is -2.99. The van der Waals surface area contributed by atoms with Gasteiger partial charge in [-0.3, -0.25) is 14.4 Å². The number of nitriles is 1. The number of carbonyl (C=O) groups is 3. The number of halogens is 1. The minimum atomic E-state index is -1.71. The molecule has 1 aromatic carbocycles. The molecule has 3 atom stereocenters. The van der Waals surface area contributed by atoms with E-state index in [0.29, 0.717) is 12.2 Å². The minimum Gasteiger partial charge on any atom is -0.334 e. The lowest BCUT2D eigenvalue weighted by atomic mass is 9.80. The second-order valence-electron chi connectivity index (χ2n) is 9.89. The van der Waals surface area contributed by atoms with Crippen molar-refractivity contribution in [2.45, 2.75) is 56.3 Å². The molecule has 1 fully saturated rings. The van der Waals surface area contributed by atoms with E-state index in [1.165, 1.54) is 30.7 Å². The topological polar surface area (TPSA) is 96.8 Å². The average molecular weight is 458 g/mol. The molecule has 0 aliphatic carbocycles. The first-order chi connectivity index (χ1) is 15.4. The number of benzene rings is 1. The predicted octanol–water partition coefficient (Wildman–Crippen LogP) is 1.92. The van der Waals surface area contributed by atoms with Crippen LogP contribution in [0, 0.1) is 11.3 Å². The largest absolute Gasteiger partial charge is 0.334 e. The van der Waals surface area contributed by atoms with E-state index >= 15 is 0 Å². The first kappa shape index (κ1) is 24.6. The maximum atomic E-state index is 14.7. The van der Waals surface area contributed by atoms with Crippen LogP contribution >= 0.6 is 0 Å². The Balaban J connectivity index is 1.91. The van der Waals surface area contributed by atoms with Crippen LogP contribution in [0.1, 0.15) is 38.7 Å². The highest BCUT2D eigenvalue weighted by molar-refractivity contribution is 6.07. The number of anilines is 1. The molecule has 0 saturated carbocycles. The number of nitrogens with zero attached hydrogens (tertiary/aromatic N) is 4. The van der Waals surface area contributed by atoms with Crippen molar-refractivity contribution in [2.75, 3.05) is 39.5 Å². The Labute approximate surface area is 194 Å². The fraction of sp³-hybridized carbons (Fsp3) is 0.583. The number of rotatable bonds is 7. The number of alkyl halides is 1. The van der Waals surface area contributed by atoms with Crippen LogP contribution in [0.15, 0.2) is 24.3 Å². The maximum absolute atomic E-state index is 14.7. The summed E-state index contributed by atoms with van der Waals surface area (Å²) in [6.45, 7) is 3.22. The summed E-state index contributed by atoms with van der Waals surface area (Å²) in [5.74, 6) is -1.04. The summed E-state index contributed by atoms with van der Waals surface area (Å²) >= 11 is 0. The van der Waals surface area contributed by atoms with E-state index in [0.717, 1.165) is 5.56 Å². The van der Waals surface area contributed by atoms with E-state index in [4.69, 9.17) is 0 Å². The van der Waals surface area contributed by atoms with Crippen LogP contribution in [0.2, 0.25) is 0 Å². The number of likely N-dealkylation sites (N-methyl/N-ethyl adjacent to an activating group) is 1. The second kappa shape index (κ2) is 9.10. The van der Waals surface area contributed by atoms with Crippen LogP contribution in [0.3, 0.4) is 0 Å². The molecule has 3 rings (SSSR count). The van der Waals surface area contributed by atoms with Crippen LogP contribution < -0.4 is 5.32 Å². The lowest BCUT2D eigenvalue weighted by molar-refractivity contribution is -0.146. The molecule has 0 unspecified atom stereocenters. The van der Waals surface area contributed by atoms with Gasteiger partial charge in [0.05, 0.1) is 11.5 Å². The Morgan fingerprint density at radius 3 is 2.61 bits per heavy atom.